The van der Waals surface area contributed by atoms with Crippen molar-refractivity contribution in [3.63, 3.8) is 0 Å². The number of nitrogens with zero attached hydrogens (tertiary/aromatic N) is 1. The first kappa shape index (κ1) is 13.6. The molecule has 1 saturated heterocycles. The van der Waals surface area contributed by atoms with Gasteiger partial charge in [0, 0.05) is 38.5 Å². The normalized spacial score (nSPS) is 20.8. The van der Waals surface area contributed by atoms with E-state index < -0.39 is 11.9 Å². The Morgan fingerprint density at radius 2 is 2.37 bits per heavy atom. The first-order valence-corrected chi connectivity index (χ1v) is 6.24. The summed E-state index contributed by atoms with van der Waals surface area (Å²) in [6.45, 7) is 0.519. The Kier molecular flexibility index (Phi) is 4.21. The molecule has 1 aromatic rings. The number of rotatable bonds is 6. The van der Waals surface area contributed by atoms with Crippen LogP contribution in [0.5, 0.6) is 0 Å². The van der Waals surface area contributed by atoms with Crippen molar-refractivity contribution in [3.8, 4) is 0 Å². The Morgan fingerprint density at radius 1 is 1.58 bits per heavy atom. The average Bonchev–Trinajstić information content (AvgIpc) is 2.99. The molecule has 6 nitrogen and oxygen atoms in total. The first-order valence-electron chi connectivity index (χ1n) is 6.24. The Bertz CT molecular complexity index is 442. The highest BCUT2D eigenvalue weighted by Gasteiger charge is 2.35. The standard InChI is InChI=1S/C13H17NO5/c15-8-9(4-11-2-1-3-19-11)6-14-7-10(13(17)18)5-12(14)16/h1-3,9-10,15H,4-8H2,(H,17,18). The van der Waals surface area contributed by atoms with E-state index in [-0.39, 0.29) is 31.4 Å². The van der Waals surface area contributed by atoms with Crippen LogP contribution in [0.1, 0.15) is 12.2 Å². The maximum absolute atomic E-state index is 11.7. The number of carbonyl (C=O) groups is 2. The molecule has 0 saturated carbocycles. The highest BCUT2D eigenvalue weighted by atomic mass is 16.4. The molecule has 2 unspecified atom stereocenters. The third kappa shape index (κ3) is 3.35. The van der Waals surface area contributed by atoms with E-state index in [2.05, 4.69) is 0 Å². The summed E-state index contributed by atoms with van der Waals surface area (Å²) in [6, 6.07) is 3.58. The molecule has 2 heterocycles. The second kappa shape index (κ2) is 5.88. The lowest BCUT2D eigenvalue weighted by Crippen LogP contribution is -2.33. The smallest absolute Gasteiger partial charge is 0.308 e. The van der Waals surface area contributed by atoms with Crippen LogP contribution in [0.2, 0.25) is 0 Å². The number of carboxylic acid groups (broad SMARTS) is 1. The lowest BCUT2D eigenvalue weighted by Gasteiger charge is -2.21. The second-order valence-electron chi connectivity index (χ2n) is 4.87. The van der Waals surface area contributed by atoms with Crippen LogP contribution in [-0.2, 0) is 16.0 Å². The van der Waals surface area contributed by atoms with E-state index >= 15 is 0 Å². The summed E-state index contributed by atoms with van der Waals surface area (Å²) in [4.78, 5) is 24.1. The second-order valence-corrected chi connectivity index (χ2v) is 4.87. The summed E-state index contributed by atoms with van der Waals surface area (Å²) < 4.78 is 5.21. The van der Waals surface area contributed by atoms with Gasteiger partial charge in [0.2, 0.25) is 5.91 Å². The minimum Gasteiger partial charge on any atom is -0.481 e. The number of aliphatic hydroxyl groups excluding tert-OH is 1. The summed E-state index contributed by atoms with van der Waals surface area (Å²) in [5.74, 6) is -1.12. The third-order valence-corrected chi connectivity index (χ3v) is 3.37. The minimum absolute atomic E-state index is 0.0498. The van der Waals surface area contributed by atoms with Crippen molar-refractivity contribution in [2.24, 2.45) is 11.8 Å². The van der Waals surface area contributed by atoms with Crippen molar-refractivity contribution < 1.29 is 24.2 Å². The Balaban J connectivity index is 1.91. The van der Waals surface area contributed by atoms with Crippen LogP contribution in [0.15, 0.2) is 22.8 Å². The van der Waals surface area contributed by atoms with Gasteiger partial charge in [0.05, 0.1) is 12.2 Å². The number of hydrogen-bond acceptors (Lipinski definition) is 4. The van der Waals surface area contributed by atoms with Gasteiger partial charge in [0.1, 0.15) is 5.76 Å². The number of furan rings is 1. The fourth-order valence-corrected chi connectivity index (χ4v) is 2.33. The molecule has 0 aromatic carbocycles. The number of amides is 1. The van der Waals surface area contributed by atoms with Crippen LogP contribution in [0, 0.1) is 11.8 Å². The molecular formula is C13H17NO5. The summed E-state index contributed by atoms with van der Waals surface area (Å²) in [5, 5.41) is 18.3. The number of hydrogen-bond donors (Lipinski definition) is 2. The molecule has 0 radical (unpaired) electrons. The Morgan fingerprint density at radius 3 is 2.89 bits per heavy atom. The molecule has 19 heavy (non-hydrogen) atoms. The largest absolute Gasteiger partial charge is 0.481 e. The van der Waals surface area contributed by atoms with E-state index in [0.717, 1.165) is 5.76 Å². The van der Waals surface area contributed by atoms with E-state index in [1.165, 1.54) is 4.90 Å². The molecule has 0 aliphatic carbocycles. The lowest BCUT2D eigenvalue weighted by molar-refractivity contribution is -0.141. The average molecular weight is 267 g/mol. The highest BCUT2D eigenvalue weighted by molar-refractivity contribution is 5.86. The van der Waals surface area contributed by atoms with Crippen molar-refractivity contribution in [2.45, 2.75) is 12.8 Å². The van der Waals surface area contributed by atoms with E-state index in [4.69, 9.17) is 9.52 Å². The predicted octanol–water partition coefficient (Wildman–Crippen LogP) is 0.364. The van der Waals surface area contributed by atoms with Gasteiger partial charge in [-0.3, -0.25) is 9.59 Å². The molecule has 1 fully saturated rings. The molecule has 1 aromatic heterocycles. The summed E-state index contributed by atoms with van der Waals surface area (Å²) in [6.07, 6.45) is 2.14. The molecule has 2 N–H and O–H groups in total. The van der Waals surface area contributed by atoms with Crippen molar-refractivity contribution >= 4 is 11.9 Å². The maximum Gasteiger partial charge on any atom is 0.308 e. The first-order chi connectivity index (χ1) is 9.10. The molecule has 6 heteroatoms. The number of likely N-dealkylation sites (tertiary alicyclic amines) is 1. The summed E-state index contributed by atoms with van der Waals surface area (Å²) in [5.41, 5.74) is 0. The molecule has 104 valence electrons. The van der Waals surface area contributed by atoms with Gasteiger partial charge in [-0.1, -0.05) is 0 Å². The van der Waals surface area contributed by atoms with Gasteiger partial charge in [-0.05, 0) is 12.1 Å². The number of carboxylic acids is 1. The highest BCUT2D eigenvalue weighted by Crippen LogP contribution is 2.20. The van der Waals surface area contributed by atoms with Gasteiger partial charge >= 0.3 is 5.97 Å². The van der Waals surface area contributed by atoms with Crippen LogP contribution in [0.3, 0.4) is 0 Å². The van der Waals surface area contributed by atoms with Crippen LogP contribution >= 0.6 is 0 Å². The fraction of sp³-hybridized carbons (Fsp3) is 0.538. The Labute approximate surface area is 110 Å². The SMILES string of the molecule is O=C(O)C1CC(=O)N(CC(CO)Cc2ccco2)C1. The zero-order valence-corrected chi connectivity index (χ0v) is 10.5. The monoisotopic (exact) mass is 267 g/mol. The van der Waals surface area contributed by atoms with Gasteiger partial charge in [-0.15, -0.1) is 0 Å². The van der Waals surface area contributed by atoms with Crippen molar-refractivity contribution in [3.05, 3.63) is 24.2 Å². The molecule has 0 bridgehead atoms. The molecule has 1 amide bonds. The van der Waals surface area contributed by atoms with Crippen molar-refractivity contribution in [1.82, 2.24) is 4.90 Å². The van der Waals surface area contributed by atoms with Crippen molar-refractivity contribution in [1.29, 1.82) is 0 Å². The number of carbonyl (C=O) groups excluding carboxylic acids is 1. The van der Waals surface area contributed by atoms with E-state index in [0.29, 0.717) is 13.0 Å². The van der Waals surface area contributed by atoms with Gasteiger partial charge in [-0.25, -0.2) is 0 Å². The lowest BCUT2D eigenvalue weighted by atomic mass is 10.0. The van der Waals surface area contributed by atoms with Crippen LogP contribution in [-0.4, -0.2) is 46.7 Å². The number of aliphatic carboxylic acids is 1. The molecule has 0 spiro atoms. The third-order valence-electron chi connectivity index (χ3n) is 3.37. The molecule has 1 aliphatic rings. The zero-order chi connectivity index (χ0) is 13.8. The van der Waals surface area contributed by atoms with Gasteiger partial charge in [0.25, 0.3) is 0 Å². The van der Waals surface area contributed by atoms with Crippen LogP contribution in [0.4, 0.5) is 0 Å². The van der Waals surface area contributed by atoms with E-state index in [1.807, 2.05) is 6.07 Å². The molecule has 2 rings (SSSR count). The van der Waals surface area contributed by atoms with Crippen LogP contribution < -0.4 is 0 Å². The summed E-state index contributed by atoms with van der Waals surface area (Å²) >= 11 is 0. The van der Waals surface area contributed by atoms with Crippen molar-refractivity contribution in [2.75, 3.05) is 19.7 Å². The zero-order valence-electron chi connectivity index (χ0n) is 10.5. The topological polar surface area (TPSA) is 91.0 Å². The van der Waals surface area contributed by atoms with E-state index in [9.17, 15) is 14.7 Å². The van der Waals surface area contributed by atoms with Gasteiger partial charge < -0.3 is 19.5 Å². The Hall–Kier alpha value is -1.82. The minimum atomic E-state index is -0.942. The predicted molar refractivity (Wildman–Crippen MR) is 65.3 cm³/mol. The van der Waals surface area contributed by atoms with Gasteiger partial charge in [-0.2, -0.15) is 0 Å². The maximum atomic E-state index is 11.7. The van der Waals surface area contributed by atoms with E-state index in [1.54, 1.807) is 12.3 Å². The molecular weight excluding hydrogens is 250 g/mol. The molecule has 1 aliphatic heterocycles. The fourth-order valence-electron chi connectivity index (χ4n) is 2.33. The van der Waals surface area contributed by atoms with Crippen LogP contribution in [0.25, 0.3) is 0 Å². The summed E-state index contributed by atoms with van der Waals surface area (Å²) in [7, 11) is 0. The van der Waals surface area contributed by atoms with Gasteiger partial charge in [0.15, 0.2) is 0 Å². The number of aliphatic hydroxyl groups is 1. The molecule has 2 atom stereocenters. The quantitative estimate of drug-likeness (QED) is 0.776.